The number of nitrogens with zero attached hydrogens (tertiary/aromatic N) is 2. The van der Waals surface area contributed by atoms with Crippen molar-refractivity contribution >= 4 is 26.8 Å². The number of alkyl halides is 2. The van der Waals surface area contributed by atoms with E-state index in [0.29, 0.717) is 23.2 Å². The monoisotopic (exact) mass is 474 g/mol. The number of aryl methyl sites for hydroxylation is 1. The molecule has 1 aromatic heterocycles. The number of rotatable bonds is 4. The van der Waals surface area contributed by atoms with Crippen molar-refractivity contribution in [3.05, 3.63) is 59.7 Å². The normalized spacial score (nSPS) is 17.0. The van der Waals surface area contributed by atoms with E-state index in [-0.39, 0.29) is 42.0 Å². The van der Waals surface area contributed by atoms with Gasteiger partial charge >= 0.3 is 0 Å². The first-order chi connectivity index (χ1) is 15.5. The van der Waals surface area contributed by atoms with Crippen molar-refractivity contribution in [2.75, 3.05) is 13.1 Å². The summed E-state index contributed by atoms with van der Waals surface area (Å²) in [4.78, 5) is 18.0. The van der Waals surface area contributed by atoms with Crippen LogP contribution in [0.5, 0.6) is 0 Å². The quantitative estimate of drug-likeness (QED) is 0.601. The van der Waals surface area contributed by atoms with Crippen LogP contribution in [-0.4, -0.2) is 43.3 Å². The summed E-state index contributed by atoms with van der Waals surface area (Å²) in [5, 5.41) is 7.55. The highest BCUT2D eigenvalue weighted by atomic mass is 32.2. The topological polar surface area (TPSA) is 105 Å². The van der Waals surface area contributed by atoms with E-state index in [1.165, 1.54) is 23.2 Å². The van der Waals surface area contributed by atoms with Crippen molar-refractivity contribution in [3.63, 3.8) is 0 Å². The van der Waals surface area contributed by atoms with Crippen LogP contribution in [-0.2, 0) is 10.0 Å². The molecule has 0 aliphatic carbocycles. The largest absolute Gasteiger partial charge is 0.285 e. The van der Waals surface area contributed by atoms with E-state index in [1.54, 1.807) is 19.1 Å². The summed E-state index contributed by atoms with van der Waals surface area (Å²) in [5.74, 6) is -3.24. The Hall–Kier alpha value is -2.95. The molecule has 1 saturated heterocycles. The molecule has 0 bridgehead atoms. The molecule has 174 valence electrons. The molecule has 2 aromatic carbocycles. The van der Waals surface area contributed by atoms with Gasteiger partial charge in [-0.15, -0.1) is 0 Å². The number of carbonyl (C=O) groups is 1. The summed E-state index contributed by atoms with van der Waals surface area (Å²) in [7, 11) is -3.96. The van der Waals surface area contributed by atoms with E-state index in [0.717, 1.165) is 5.39 Å². The third-order valence-electron chi connectivity index (χ3n) is 5.79. The Morgan fingerprint density at radius 1 is 1.12 bits per heavy atom. The van der Waals surface area contributed by atoms with Gasteiger partial charge < -0.3 is 0 Å². The van der Waals surface area contributed by atoms with Crippen LogP contribution in [0, 0.1) is 6.92 Å². The molecular weight excluding hydrogens is 450 g/mol. The molecule has 7 nitrogen and oxygen atoms in total. The van der Waals surface area contributed by atoms with E-state index >= 15 is 0 Å². The van der Waals surface area contributed by atoms with Gasteiger partial charge in [0.25, 0.3) is 5.91 Å². The van der Waals surface area contributed by atoms with Crippen LogP contribution in [0.1, 0.15) is 35.2 Å². The Balaban J connectivity index is 1.80. The van der Waals surface area contributed by atoms with E-state index < -0.39 is 21.9 Å². The Morgan fingerprint density at radius 2 is 1.88 bits per heavy atom. The van der Waals surface area contributed by atoms with E-state index in [4.69, 9.17) is 5.14 Å². The second-order valence-corrected chi connectivity index (χ2v) is 9.75. The zero-order valence-corrected chi connectivity index (χ0v) is 18.8. The number of sulfonamides is 1. The molecule has 2 heterocycles. The maximum absolute atomic E-state index is 13.7. The fourth-order valence-corrected chi connectivity index (χ4v) is 4.62. The second kappa shape index (κ2) is 8.77. The molecule has 3 N–H and O–H groups in total. The summed E-state index contributed by atoms with van der Waals surface area (Å²) in [6.45, 7) is 2.11. The first-order valence-corrected chi connectivity index (χ1v) is 12.1. The van der Waals surface area contributed by atoms with Crippen LogP contribution in [0.25, 0.3) is 22.2 Å². The summed E-state index contributed by atoms with van der Waals surface area (Å²) in [6.07, 6.45) is -0.307. The van der Waals surface area contributed by atoms with E-state index in [2.05, 4.69) is 10.4 Å². The Kier molecular flexibility index (Phi) is 6.17. The fraction of sp³-hybridized carbons (Fsp3) is 0.304. The molecule has 0 spiro atoms. The van der Waals surface area contributed by atoms with Gasteiger partial charge in [-0.2, -0.15) is 0 Å². The number of primary sulfonamides is 1. The van der Waals surface area contributed by atoms with Crippen LogP contribution >= 0.6 is 0 Å². The molecule has 1 fully saturated rings. The second-order valence-electron chi connectivity index (χ2n) is 8.19. The Labute approximate surface area is 190 Å². The number of hydrazine groups is 1. The number of hydrogen-bond donors (Lipinski definition) is 2. The van der Waals surface area contributed by atoms with Crippen molar-refractivity contribution in [2.45, 2.75) is 37.0 Å². The molecule has 0 unspecified atom stereocenters. The maximum Gasteiger partial charge on any atom is 0.268 e. The highest BCUT2D eigenvalue weighted by Crippen LogP contribution is 2.31. The van der Waals surface area contributed by atoms with Gasteiger partial charge in [-0.25, -0.2) is 32.3 Å². The summed E-state index contributed by atoms with van der Waals surface area (Å²) in [6, 6.07) is 13.2. The molecule has 0 saturated carbocycles. The predicted molar refractivity (Wildman–Crippen MR) is 121 cm³/mol. The van der Waals surface area contributed by atoms with Gasteiger partial charge in [0.15, 0.2) is 0 Å². The number of halogens is 2. The third kappa shape index (κ3) is 5.02. The lowest BCUT2D eigenvalue weighted by atomic mass is 9.97. The van der Waals surface area contributed by atoms with Crippen molar-refractivity contribution in [2.24, 2.45) is 5.14 Å². The number of carbonyl (C=O) groups excluding carboxylic acids is 1. The minimum Gasteiger partial charge on any atom is -0.285 e. The van der Waals surface area contributed by atoms with Crippen LogP contribution in [0.3, 0.4) is 0 Å². The van der Waals surface area contributed by atoms with Gasteiger partial charge in [-0.1, -0.05) is 30.3 Å². The smallest absolute Gasteiger partial charge is 0.268 e. The van der Waals surface area contributed by atoms with Crippen LogP contribution < -0.4 is 10.6 Å². The van der Waals surface area contributed by atoms with Crippen molar-refractivity contribution in [3.8, 4) is 11.3 Å². The van der Waals surface area contributed by atoms with Crippen LogP contribution in [0.2, 0.25) is 0 Å². The van der Waals surface area contributed by atoms with Crippen molar-refractivity contribution in [1.29, 1.82) is 0 Å². The number of amides is 1. The molecule has 1 aliphatic rings. The van der Waals surface area contributed by atoms with Crippen molar-refractivity contribution in [1.82, 2.24) is 15.4 Å². The SMILES string of the molecule is Cc1c(C(=O)NN2CCCC(F)(F)CC2)c(-c2cccc(S(N)(=O)=O)c2)nc2ccccc12. The number of nitrogens with two attached hydrogens (primary N) is 1. The first kappa shape index (κ1) is 23.2. The minimum atomic E-state index is -3.96. The van der Waals surface area contributed by atoms with Gasteiger partial charge in [-0.3, -0.25) is 10.2 Å². The predicted octanol–water partition coefficient (Wildman–Crippen LogP) is 3.62. The number of nitrogens with one attached hydrogen (secondary N) is 1. The zero-order chi connectivity index (χ0) is 23.8. The fourth-order valence-electron chi connectivity index (χ4n) is 4.06. The molecule has 3 aromatic rings. The molecule has 33 heavy (non-hydrogen) atoms. The number of benzene rings is 2. The number of para-hydroxylation sites is 1. The summed E-state index contributed by atoms with van der Waals surface area (Å²) < 4.78 is 51.2. The number of pyridine rings is 1. The van der Waals surface area contributed by atoms with Gasteiger partial charge in [0.1, 0.15) is 0 Å². The highest BCUT2D eigenvalue weighted by Gasteiger charge is 2.32. The molecule has 4 rings (SSSR count). The number of hydrogen-bond acceptors (Lipinski definition) is 5. The summed E-state index contributed by atoms with van der Waals surface area (Å²) in [5.41, 5.74) is 4.97. The summed E-state index contributed by atoms with van der Waals surface area (Å²) >= 11 is 0. The molecule has 0 atom stereocenters. The van der Waals surface area contributed by atoms with Gasteiger partial charge in [-0.05, 0) is 37.1 Å². The van der Waals surface area contributed by atoms with Crippen LogP contribution in [0.4, 0.5) is 8.78 Å². The maximum atomic E-state index is 13.7. The van der Waals surface area contributed by atoms with E-state index in [1.807, 2.05) is 18.2 Å². The lowest BCUT2D eigenvalue weighted by molar-refractivity contribution is -0.0143. The number of fused-ring (bicyclic) bond motifs is 1. The van der Waals surface area contributed by atoms with Gasteiger partial charge in [0.2, 0.25) is 15.9 Å². The molecule has 0 radical (unpaired) electrons. The first-order valence-electron chi connectivity index (χ1n) is 10.5. The molecule has 1 amide bonds. The molecular formula is C23H24F2N4O3S. The zero-order valence-electron chi connectivity index (χ0n) is 18.0. The van der Waals surface area contributed by atoms with E-state index in [9.17, 15) is 22.0 Å². The Bertz CT molecular complexity index is 1330. The minimum absolute atomic E-state index is 0.0229. The molecule has 10 heteroatoms. The standard InChI is InChI=1S/C23H24F2N4O3S/c1-15-18-8-2-3-9-19(18)27-21(16-6-4-7-17(14-16)33(26,31)32)20(15)22(30)28-29-12-5-10-23(24,25)11-13-29/h2-4,6-9,14H,5,10-13H2,1H3,(H,28,30)(H2,26,31,32). The van der Waals surface area contributed by atoms with Gasteiger partial charge in [0.05, 0.1) is 21.7 Å². The lowest BCUT2D eigenvalue weighted by Gasteiger charge is -2.23. The van der Waals surface area contributed by atoms with Gasteiger partial charge in [0, 0.05) is 36.9 Å². The number of aromatic nitrogens is 1. The van der Waals surface area contributed by atoms with Crippen molar-refractivity contribution < 1.29 is 22.0 Å². The average molecular weight is 475 g/mol. The average Bonchev–Trinajstić information content (AvgIpc) is 2.93. The Morgan fingerprint density at radius 3 is 2.64 bits per heavy atom. The lowest BCUT2D eigenvalue weighted by Crippen LogP contribution is -2.43. The molecule has 1 aliphatic heterocycles. The third-order valence-corrected chi connectivity index (χ3v) is 6.70. The highest BCUT2D eigenvalue weighted by molar-refractivity contribution is 7.89. The van der Waals surface area contributed by atoms with Crippen LogP contribution in [0.15, 0.2) is 53.4 Å².